The van der Waals surface area contributed by atoms with Crippen LogP contribution in [-0.2, 0) is 0 Å². The predicted octanol–water partition coefficient (Wildman–Crippen LogP) is 3.90. The van der Waals surface area contributed by atoms with E-state index in [2.05, 4.69) is 20.8 Å². The second-order valence-electron chi connectivity index (χ2n) is 5.95. The second kappa shape index (κ2) is 9.05. The zero-order chi connectivity index (χ0) is 21.7. The molecule has 3 rings (SSSR count). The highest BCUT2D eigenvalue weighted by Gasteiger charge is 2.25. The maximum absolute atomic E-state index is 12.3. The number of carbonyl (C=O) groups is 1. The van der Waals surface area contributed by atoms with Gasteiger partial charge < -0.3 is 9.47 Å². The summed E-state index contributed by atoms with van der Waals surface area (Å²) in [5.74, 6) is -0.158. The summed E-state index contributed by atoms with van der Waals surface area (Å²) < 4.78 is 10.6. The number of carbonyl (C=O) groups excluding carboxylic acids is 1. The SMILES string of the molecule is COc1ccc(C(=O)NNc2ncnc(Oc3ccc(Cl)c(C)c3)c2[N+](=O)[O-])cc1. The monoisotopic (exact) mass is 429 g/mol. The summed E-state index contributed by atoms with van der Waals surface area (Å²) in [5.41, 5.74) is 5.31. The summed E-state index contributed by atoms with van der Waals surface area (Å²) in [6.07, 6.45) is 1.08. The average Bonchev–Trinajstić information content (AvgIpc) is 2.74. The van der Waals surface area contributed by atoms with Gasteiger partial charge in [-0.2, -0.15) is 4.98 Å². The maximum atomic E-state index is 12.3. The van der Waals surface area contributed by atoms with E-state index < -0.39 is 16.5 Å². The van der Waals surface area contributed by atoms with Crippen molar-refractivity contribution in [1.82, 2.24) is 15.4 Å². The van der Waals surface area contributed by atoms with Crippen LogP contribution in [0.2, 0.25) is 5.02 Å². The lowest BCUT2D eigenvalue weighted by atomic mass is 10.2. The number of hydrazine groups is 1. The number of hydrogen-bond acceptors (Lipinski definition) is 8. The van der Waals surface area contributed by atoms with Gasteiger partial charge in [0, 0.05) is 10.6 Å². The molecule has 0 spiro atoms. The van der Waals surface area contributed by atoms with E-state index in [0.29, 0.717) is 22.1 Å². The van der Waals surface area contributed by atoms with Crippen molar-refractivity contribution in [2.75, 3.05) is 12.5 Å². The van der Waals surface area contributed by atoms with Crippen LogP contribution in [0.3, 0.4) is 0 Å². The number of aromatic nitrogens is 2. The summed E-state index contributed by atoms with van der Waals surface area (Å²) >= 11 is 5.98. The molecule has 0 radical (unpaired) electrons. The zero-order valence-corrected chi connectivity index (χ0v) is 16.6. The molecule has 0 saturated carbocycles. The Morgan fingerprint density at radius 3 is 2.47 bits per heavy atom. The van der Waals surface area contributed by atoms with E-state index in [1.54, 1.807) is 49.4 Å². The first-order valence-electron chi connectivity index (χ1n) is 8.53. The lowest BCUT2D eigenvalue weighted by Crippen LogP contribution is -2.30. The first-order valence-corrected chi connectivity index (χ1v) is 8.90. The van der Waals surface area contributed by atoms with Gasteiger partial charge in [-0.25, -0.2) is 4.98 Å². The average molecular weight is 430 g/mol. The fraction of sp³-hybridized carbons (Fsp3) is 0.105. The zero-order valence-electron chi connectivity index (χ0n) is 15.9. The highest BCUT2D eigenvalue weighted by Crippen LogP contribution is 2.34. The molecule has 2 aromatic carbocycles. The topological polar surface area (TPSA) is 129 Å². The minimum Gasteiger partial charge on any atom is -0.497 e. The summed E-state index contributed by atoms with van der Waals surface area (Å²) in [7, 11) is 1.51. The number of benzene rings is 2. The molecule has 0 fully saturated rings. The number of hydrogen-bond donors (Lipinski definition) is 2. The molecule has 11 heteroatoms. The molecule has 2 N–H and O–H groups in total. The number of halogens is 1. The maximum Gasteiger partial charge on any atom is 0.374 e. The summed E-state index contributed by atoms with van der Waals surface area (Å²) in [5, 5.41) is 12.1. The Morgan fingerprint density at radius 2 is 1.83 bits per heavy atom. The number of rotatable bonds is 7. The Hall–Kier alpha value is -3.92. The third kappa shape index (κ3) is 4.73. The fourth-order valence-corrected chi connectivity index (χ4v) is 2.53. The third-order valence-electron chi connectivity index (χ3n) is 3.96. The van der Waals surface area contributed by atoms with E-state index in [1.807, 2.05) is 0 Å². The molecule has 1 heterocycles. The van der Waals surface area contributed by atoms with Gasteiger partial charge >= 0.3 is 11.6 Å². The van der Waals surface area contributed by atoms with Crippen molar-refractivity contribution in [1.29, 1.82) is 0 Å². The molecular weight excluding hydrogens is 414 g/mol. The number of aryl methyl sites for hydroxylation is 1. The van der Waals surface area contributed by atoms with E-state index in [4.69, 9.17) is 21.1 Å². The second-order valence-corrected chi connectivity index (χ2v) is 6.36. The Kier molecular flexibility index (Phi) is 6.28. The molecule has 154 valence electrons. The minimum atomic E-state index is -0.708. The van der Waals surface area contributed by atoms with Crippen molar-refractivity contribution in [2.24, 2.45) is 0 Å². The van der Waals surface area contributed by atoms with Gasteiger partial charge in [-0.05, 0) is 55.0 Å². The van der Waals surface area contributed by atoms with Gasteiger partial charge in [0.05, 0.1) is 12.0 Å². The van der Waals surface area contributed by atoms with Crippen LogP contribution in [0.15, 0.2) is 48.8 Å². The number of ether oxygens (including phenoxy) is 2. The number of methoxy groups -OCH3 is 1. The van der Waals surface area contributed by atoms with Crippen molar-refractivity contribution >= 4 is 29.0 Å². The lowest BCUT2D eigenvalue weighted by molar-refractivity contribution is -0.385. The molecule has 1 aromatic heterocycles. The van der Waals surface area contributed by atoms with Crippen LogP contribution >= 0.6 is 11.6 Å². The van der Waals surface area contributed by atoms with E-state index in [-0.39, 0.29) is 11.7 Å². The van der Waals surface area contributed by atoms with Gasteiger partial charge in [0.15, 0.2) is 0 Å². The highest BCUT2D eigenvalue weighted by molar-refractivity contribution is 6.31. The van der Waals surface area contributed by atoms with Crippen molar-refractivity contribution in [3.05, 3.63) is 75.1 Å². The van der Waals surface area contributed by atoms with Gasteiger partial charge in [-0.3, -0.25) is 25.8 Å². The van der Waals surface area contributed by atoms with E-state index in [0.717, 1.165) is 11.9 Å². The largest absolute Gasteiger partial charge is 0.497 e. The van der Waals surface area contributed by atoms with Gasteiger partial charge in [-0.15, -0.1) is 0 Å². The number of nitrogens with zero attached hydrogens (tertiary/aromatic N) is 3. The first kappa shape index (κ1) is 20.8. The molecule has 0 bridgehead atoms. The summed E-state index contributed by atoms with van der Waals surface area (Å²) in [6, 6.07) is 11.1. The quantitative estimate of drug-likeness (QED) is 0.427. The number of amides is 1. The highest BCUT2D eigenvalue weighted by atomic mass is 35.5. The Morgan fingerprint density at radius 1 is 1.13 bits per heavy atom. The first-order chi connectivity index (χ1) is 14.4. The van der Waals surface area contributed by atoms with Crippen LogP contribution < -0.4 is 20.3 Å². The van der Waals surface area contributed by atoms with Crippen LogP contribution in [-0.4, -0.2) is 27.9 Å². The summed E-state index contributed by atoms with van der Waals surface area (Å²) in [6.45, 7) is 1.77. The Balaban J connectivity index is 1.80. The molecule has 30 heavy (non-hydrogen) atoms. The molecular formula is C19H16ClN5O5. The van der Waals surface area contributed by atoms with Crippen molar-refractivity contribution in [2.45, 2.75) is 6.92 Å². The molecule has 1 amide bonds. The standard InChI is InChI=1S/C19H16ClN5O5/c1-11-9-14(7-8-15(11)20)30-19-16(25(27)28)17(21-10-22-19)23-24-18(26)12-3-5-13(29-2)6-4-12/h3-10H,1-2H3,(H,24,26)(H,21,22,23). The van der Waals surface area contributed by atoms with E-state index in [9.17, 15) is 14.9 Å². The lowest BCUT2D eigenvalue weighted by Gasteiger charge is -2.11. The van der Waals surface area contributed by atoms with Crippen LogP contribution in [0.25, 0.3) is 0 Å². The van der Waals surface area contributed by atoms with Gasteiger partial charge in [-0.1, -0.05) is 11.6 Å². The summed E-state index contributed by atoms with van der Waals surface area (Å²) in [4.78, 5) is 30.8. The van der Waals surface area contributed by atoms with Crippen molar-refractivity contribution in [3.8, 4) is 17.4 Å². The van der Waals surface area contributed by atoms with Crippen molar-refractivity contribution in [3.63, 3.8) is 0 Å². The predicted molar refractivity (Wildman–Crippen MR) is 109 cm³/mol. The molecule has 0 aliphatic rings. The van der Waals surface area contributed by atoms with Gasteiger partial charge in [0.25, 0.3) is 5.91 Å². The third-order valence-corrected chi connectivity index (χ3v) is 4.39. The molecule has 0 unspecified atom stereocenters. The molecule has 0 aliphatic heterocycles. The normalized spacial score (nSPS) is 10.2. The molecule has 0 saturated heterocycles. The van der Waals surface area contributed by atoms with Crippen LogP contribution in [0.5, 0.6) is 17.4 Å². The minimum absolute atomic E-state index is 0.238. The Bertz CT molecular complexity index is 1090. The molecule has 3 aromatic rings. The van der Waals surface area contributed by atoms with Crippen LogP contribution in [0.1, 0.15) is 15.9 Å². The Labute approximate surface area is 175 Å². The molecule has 0 atom stereocenters. The van der Waals surface area contributed by atoms with Gasteiger partial charge in [0.1, 0.15) is 17.8 Å². The van der Waals surface area contributed by atoms with E-state index >= 15 is 0 Å². The number of anilines is 1. The fourth-order valence-electron chi connectivity index (χ4n) is 2.42. The smallest absolute Gasteiger partial charge is 0.374 e. The number of nitro groups is 1. The van der Waals surface area contributed by atoms with Crippen LogP contribution in [0, 0.1) is 17.0 Å². The van der Waals surface area contributed by atoms with E-state index in [1.165, 1.54) is 7.11 Å². The molecule has 10 nitrogen and oxygen atoms in total. The van der Waals surface area contributed by atoms with Crippen molar-refractivity contribution < 1.29 is 19.2 Å². The van der Waals surface area contributed by atoms with Crippen LogP contribution in [0.4, 0.5) is 11.5 Å². The number of nitrogens with one attached hydrogen (secondary N) is 2. The molecule has 0 aliphatic carbocycles. The van der Waals surface area contributed by atoms with Gasteiger partial charge in [0.2, 0.25) is 5.82 Å².